The summed E-state index contributed by atoms with van der Waals surface area (Å²) in [6.07, 6.45) is 2.80. The second kappa shape index (κ2) is 6.04. The Labute approximate surface area is 121 Å². The lowest BCUT2D eigenvalue weighted by Gasteiger charge is -2.11. The van der Waals surface area contributed by atoms with Gasteiger partial charge in [-0.3, -0.25) is 14.4 Å². The predicted molar refractivity (Wildman–Crippen MR) is 79.6 cm³/mol. The normalized spacial score (nSPS) is 10.0. The van der Waals surface area contributed by atoms with Crippen molar-refractivity contribution in [2.75, 3.05) is 12.4 Å². The third-order valence-corrected chi connectivity index (χ3v) is 3.12. The highest BCUT2D eigenvalue weighted by atomic mass is 16.2. The van der Waals surface area contributed by atoms with Crippen molar-refractivity contribution in [3.63, 3.8) is 0 Å². The number of benzene rings is 1. The molecule has 0 aliphatic heterocycles. The van der Waals surface area contributed by atoms with E-state index in [9.17, 15) is 14.4 Å². The fourth-order valence-corrected chi connectivity index (χ4v) is 1.93. The molecule has 0 bridgehead atoms. The number of carbonyl (C=O) groups is 2. The number of aromatic nitrogens is 1. The molecule has 0 saturated carbocycles. The SMILES string of the molecule is CNC(=O)c1cccc(NC(=O)c2c[nH]ccc2=O)c1C. The summed E-state index contributed by atoms with van der Waals surface area (Å²) in [4.78, 5) is 38.1. The van der Waals surface area contributed by atoms with E-state index in [1.807, 2.05) is 0 Å². The molecule has 0 atom stereocenters. The van der Waals surface area contributed by atoms with Gasteiger partial charge in [0.25, 0.3) is 11.8 Å². The quantitative estimate of drug-likeness (QED) is 0.793. The lowest BCUT2D eigenvalue weighted by atomic mass is 10.1. The molecule has 6 nitrogen and oxygen atoms in total. The van der Waals surface area contributed by atoms with Crippen LogP contribution in [0.5, 0.6) is 0 Å². The first-order chi connectivity index (χ1) is 10.0. The standard InChI is InChI=1S/C15H15N3O3/c1-9-10(14(20)16-2)4-3-5-12(9)18-15(21)11-8-17-7-6-13(11)19/h3-8H,1-2H3,(H,16,20)(H,17,19)(H,18,21). The van der Waals surface area contributed by atoms with Gasteiger partial charge in [-0.2, -0.15) is 0 Å². The van der Waals surface area contributed by atoms with Crippen molar-refractivity contribution in [2.45, 2.75) is 6.92 Å². The molecule has 0 radical (unpaired) electrons. The summed E-state index contributed by atoms with van der Waals surface area (Å²) in [5.74, 6) is -0.754. The first-order valence-corrected chi connectivity index (χ1v) is 6.34. The van der Waals surface area contributed by atoms with Crippen LogP contribution >= 0.6 is 0 Å². The lowest BCUT2D eigenvalue weighted by molar-refractivity contribution is 0.0960. The third kappa shape index (κ3) is 3.00. The van der Waals surface area contributed by atoms with Crippen molar-refractivity contribution in [2.24, 2.45) is 0 Å². The maximum atomic E-state index is 12.1. The summed E-state index contributed by atoms with van der Waals surface area (Å²) < 4.78 is 0. The largest absolute Gasteiger partial charge is 0.367 e. The first-order valence-electron chi connectivity index (χ1n) is 6.34. The Balaban J connectivity index is 2.33. The van der Waals surface area contributed by atoms with Crippen LogP contribution in [0.2, 0.25) is 0 Å². The molecule has 1 heterocycles. The molecule has 0 aliphatic rings. The zero-order chi connectivity index (χ0) is 15.4. The minimum Gasteiger partial charge on any atom is -0.367 e. The molecular weight excluding hydrogens is 270 g/mol. The van der Waals surface area contributed by atoms with Gasteiger partial charge in [-0.25, -0.2) is 0 Å². The molecule has 1 aromatic carbocycles. The van der Waals surface area contributed by atoms with Crippen LogP contribution in [0, 0.1) is 6.92 Å². The van der Waals surface area contributed by atoms with Gasteiger partial charge in [-0.15, -0.1) is 0 Å². The molecule has 0 aliphatic carbocycles. The van der Waals surface area contributed by atoms with Gasteiger partial charge < -0.3 is 15.6 Å². The Morgan fingerprint density at radius 1 is 1.10 bits per heavy atom. The van der Waals surface area contributed by atoms with E-state index >= 15 is 0 Å². The van der Waals surface area contributed by atoms with Gasteiger partial charge in [0.1, 0.15) is 5.56 Å². The molecule has 2 amide bonds. The van der Waals surface area contributed by atoms with Crippen LogP contribution in [-0.2, 0) is 0 Å². The number of rotatable bonds is 3. The van der Waals surface area contributed by atoms with E-state index in [-0.39, 0.29) is 16.9 Å². The van der Waals surface area contributed by atoms with Gasteiger partial charge >= 0.3 is 0 Å². The number of pyridine rings is 1. The number of carbonyl (C=O) groups excluding carboxylic acids is 2. The van der Waals surface area contributed by atoms with Crippen molar-refractivity contribution < 1.29 is 9.59 Å². The highest BCUT2D eigenvalue weighted by Crippen LogP contribution is 2.19. The number of aromatic amines is 1. The monoisotopic (exact) mass is 285 g/mol. The van der Waals surface area contributed by atoms with E-state index in [4.69, 9.17) is 0 Å². The molecule has 21 heavy (non-hydrogen) atoms. The Kier molecular flexibility index (Phi) is 4.18. The minimum absolute atomic E-state index is 0.0160. The second-order valence-electron chi connectivity index (χ2n) is 4.43. The van der Waals surface area contributed by atoms with E-state index < -0.39 is 5.91 Å². The second-order valence-corrected chi connectivity index (χ2v) is 4.43. The number of hydrogen-bond donors (Lipinski definition) is 3. The van der Waals surface area contributed by atoms with Crippen LogP contribution in [-0.4, -0.2) is 23.8 Å². The van der Waals surface area contributed by atoms with Gasteiger partial charge in [-0.1, -0.05) is 6.07 Å². The molecule has 3 N–H and O–H groups in total. The molecule has 1 aromatic heterocycles. The number of H-pyrrole nitrogens is 1. The molecule has 0 saturated heterocycles. The number of hydrogen-bond acceptors (Lipinski definition) is 3. The van der Waals surface area contributed by atoms with Crippen LogP contribution in [0.1, 0.15) is 26.3 Å². The molecule has 2 rings (SSSR count). The summed E-state index contributed by atoms with van der Waals surface area (Å²) >= 11 is 0. The van der Waals surface area contributed by atoms with E-state index in [2.05, 4.69) is 15.6 Å². The van der Waals surface area contributed by atoms with Crippen LogP contribution in [0.15, 0.2) is 41.5 Å². The van der Waals surface area contributed by atoms with Crippen molar-refractivity contribution >= 4 is 17.5 Å². The Morgan fingerprint density at radius 3 is 2.52 bits per heavy atom. The summed E-state index contributed by atoms with van der Waals surface area (Å²) in [5.41, 5.74) is 1.24. The van der Waals surface area contributed by atoms with Gasteiger partial charge in [0.05, 0.1) is 0 Å². The first kappa shape index (κ1) is 14.5. The van der Waals surface area contributed by atoms with Gasteiger partial charge in [0.2, 0.25) is 0 Å². The smallest absolute Gasteiger partial charge is 0.261 e. The summed E-state index contributed by atoms with van der Waals surface area (Å²) in [6.45, 7) is 1.73. The van der Waals surface area contributed by atoms with Crippen LogP contribution in [0.25, 0.3) is 0 Å². The Morgan fingerprint density at radius 2 is 1.86 bits per heavy atom. The zero-order valence-corrected chi connectivity index (χ0v) is 11.7. The number of anilines is 1. The maximum Gasteiger partial charge on any atom is 0.261 e. The van der Waals surface area contributed by atoms with Crippen molar-refractivity contribution in [3.8, 4) is 0 Å². The van der Waals surface area contributed by atoms with E-state index in [1.165, 1.54) is 25.5 Å². The highest BCUT2D eigenvalue weighted by Gasteiger charge is 2.14. The fourth-order valence-electron chi connectivity index (χ4n) is 1.93. The van der Waals surface area contributed by atoms with Crippen LogP contribution in [0.4, 0.5) is 5.69 Å². The van der Waals surface area contributed by atoms with Crippen molar-refractivity contribution in [1.82, 2.24) is 10.3 Å². The third-order valence-electron chi connectivity index (χ3n) is 3.12. The van der Waals surface area contributed by atoms with Crippen molar-refractivity contribution in [1.29, 1.82) is 0 Å². The van der Waals surface area contributed by atoms with Crippen LogP contribution < -0.4 is 16.1 Å². The molecule has 2 aromatic rings. The van der Waals surface area contributed by atoms with Crippen molar-refractivity contribution in [3.05, 3.63) is 63.6 Å². The van der Waals surface area contributed by atoms with Gasteiger partial charge in [0.15, 0.2) is 5.43 Å². The van der Waals surface area contributed by atoms with Crippen LogP contribution in [0.3, 0.4) is 0 Å². The zero-order valence-electron chi connectivity index (χ0n) is 11.7. The molecule has 0 fully saturated rings. The molecule has 0 unspecified atom stereocenters. The Bertz CT molecular complexity index is 750. The van der Waals surface area contributed by atoms with Gasteiger partial charge in [0, 0.05) is 36.8 Å². The average molecular weight is 285 g/mol. The summed E-state index contributed by atoms with van der Waals surface area (Å²) in [5, 5.41) is 5.18. The predicted octanol–water partition coefficient (Wildman–Crippen LogP) is 1.30. The van der Waals surface area contributed by atoms with E-state index in [1.54, 1.807) is 25.1 Å². The Hall–Kier alpha value is -2.89. The summed E-state index contributed by atoms with van der Waals surface area (Å²) in [6, 6.07) is 6.29. The van der Waals surface area contributed by atoms with E-state index in [0.717, 1.165) is 0 Å². The lowest BCUT2D eigenvalue weighted by Crippen LogP contribution is -2.23. The number of amides is 2. The van der Waals surface area contributed by atoms with E-state index in [0.29, 0.717) is 16.8 Å². The number of nitrogens with one attached hydrogen (secondary N) is 3. The topological polar surface area (TPSA) is 91.1 Å². The fraction of sp³-hybridized carbons (Fsp3) is 0.133. The highest BCUT2D eigenvalue weighted by molar-refractivity contribution is 6.05. The maximum absolute atomic E-state index is 12.1. The average Bonchev–Trinajstić information content (AvgIpc) is 2.49. The van der Waals surface area contributed by atoms with Gasteiger partial charge in [-0.05, 0) is 24.6 Å². The summed E-state index contributed by atoms with van der Waals surface area (Å²) in [7, 11) is 1.54. The molecular formula is C15H15N3O3. The molecule has 0 spiro atoms. The minimum atomic E-state index is -0.519. The molecule has 108 valence electrons. The molecule has 6 heteroatoms.